The first-order valence-electron chi connectivity index (χ1n) is 5.14. The average Bonchev–Trinajstić information content (AvgIpc) is 2.54. The Bertz CT molecular complexity index is 636. The van der Waals surface area contributed by atoms with Crippen LogP contribution in [0.15, 0.2) is 28.7 Å². The van der Waals surface area contributed by atoms with Gasteiger partial charge >= 0.3 is 0 Å². The summed E-state index contributed by atoms with van der Waals surface area (Å²) in [6, 6.07) is 8.19. The Morgan fingerprint density at radius 3 is 3.00 bits per heavy atom. The molecular weight excluding hydrogens is 252 g/mol. The maximum atomic E-state index is 5.82. The molecule has 0 fully saturated rings. The summed E-state index contributed by atoms with van der Waals surface area (Å²) in [5.41, 5.74) is 1.99. The van der Waals surface area contributed by atoms with Crippen molar-refractivity contribution in [3.63, 3.8) is 0 Å². The number of fused-ring (bicyclic) bond motifs is 3. The number of furan rings is 1. The van der Waals surface area contributed by atoms with Crippen molar-refractivity contribution in [1.82, 2.24) is 0 Å². The van der Waals surface area contributed by atoms with Crippen molar-refractivity contribution in [2.24, 2.45) is 5.92 Å². The molecular formula is C13H11BrO. The minimum absolute atomic E-state index is 0.549. The predicted molar refractivity (Wildman–Crippen MR) is 66.0 cm³/mol. The molecule has 76 valence electrons. The fraction of sp³-hybridized carbons (Fsp3) is 0.231. The molecule has 1 aliphatic carbocycles. The average molecular weight is 263 g/mol. The third-order valence-corrected chi connectivity index (χ3v) is 3.55. The zero-order chi connectivity index (χ0) is 10.4. The normalized spacial score (nSPS) is 20.1. The third-order valence-electron chi connectivity index (χ3n) is 2.83. The molecule has 0 N–H and O–H groups in total. The van der Waals surface area contributed by atoms with Crippen molar-refractivity contribution in [2.45, 2.75) is 13.3 Å². The highest BCUT2D eigenvalue weighted by Crippen LogP contribution is 2.22. The van der Waals surface area contributed by atoms with Gasteiger partial charge in [0.05, 0.1) is 0 Å². The van der Waals surface area contributed by atoms with Crippen LogP contribution < -0.4 is 10.6 Å². The molecule has 1 unspecified atom stereocenters. The summed E-state index contributed by atoms with van der Waals surface area (Å²) < 4.78 is 7.09. The van der Waals surface area contributed by atoms with E-state index in [0.717, 1.165) is 17.4 Å². The van der Waals surface area contributed by atoms with Crippen LogP contribution in [0, 0.1) is 5.92 Å². The Hall–Kier alpha value is -1.02. The Morgan fingerprint density at radius 1 is 1.33 bits per heavy atom. The van der Waals surface area contributed by atoms with Crippen LogP contribution in [0.1, 0.15) is 13.3 Å². The van der Waals surface area contributed by atoms with Gasteiger partial charge in [-0.15, -0.1) is 0 Å². The molecule has 3 rings (SSSR count). The minimum atomic E-state index is 0.549. The predicted octanol–water partition coefficient (Wildman–Crippen LogP) is 2.76. The van der Waals surface area contributed by atoms with Gasteiger partial charge in [-0.25, -0.2) is 0 Å². The Kier molecular flexibility index (Phi) is 1.99. The van der Waals surface area contributed by atoms with Gasteiger partial charge in [0.25, 0.3) is 0 Å². The lowest BCUT2D eigenvalue weighted by Gasteiger charge is -2.07. The van der Waals surface area contributed by atoms with Crippen LogP contribution in [-0.2, 0) is 0 Å². The monoisotopic (exact) mass is 262 g/mol. The van der Waals surface area contributed by atoms with Crippen LogP contribution in [0.25, 0.3) is 21.5 Å². The molecule has 0 spiro atoms. The van der Waals surface area contributed by atoms with Crippen LogP contribution in [0.2, 0.25) is 0 Å². The van der Waals surface area contributed by atoms with E-state index in [9.17, 15) is 0 Å². The lowest BCUT2D eigenvalue weighted by atomic mass is 10.0. The lowest BCUT2D eigenvalue weighted by molar-refractivity contribution is 0.564. The fourth-order valence-electron chi connectivity index (χ4n) is 2.16. The molecule has 1 atom stereocenters. The molecule has 0 radical (unpaired) electrons. The largest absolute Gasteiger partial charge is 0.456 e. The van der Waals surface area contributed by atoms with Crippen molar-refractivity contribution < 1.29 is 4.42 Å². The van der Waals surface area contributed by atoms with E-state index in [-0.39, 0.29) is 0 Å². The van der Waals surface area contributed by atoms with Crippen molar-refractivity contribution in [2.75, 3.05) is 0 Å². The smallest absolute Gasteiger partial charge is 0.135 e. The van der Waals surface area contributed by atoms with Crippen LogP contribution >= 0.6 is 15.9 Å². The molecule has 1 nitrogen and oxygen atoms in total. The standard InChI is InChI=1S/C13H11BrO/c1-8-6-10(14)13-9-4-2-3-5-11(9)15-12(13)7-8/h2-5,7-8H,6H2,1H3. The number of hydrogen-bond acceptors (Lipinski definition) is 1. The van der Waals surface area contributed by atoms with Crippen molar-refractivity contribution in [1.29, 1.82) is 0 Å². The van der Waals surface area contributed by atoms with E-state index in [0.29, 0.717) is 5.92 Å². The molecule has 0 aliphatic heterocycles. The van der Waals surface area contributed by atoms with Crippen molar-refractivity contribution in [3.05, 3.63) is 34.9 Å². The second-order valence-electron chi connectivity index (χ2n) is 4.09. The Labute approximate surface area is 96.2 Å². The topological polar surface area (TPSA) is 13.1 Å². The first-order valence-corrected chi connectivity index (χ1v) is 5.93. The van der Waals surface area contributed by atoms with Gasteiger partial charge in [0.2, 0.25) is 0 Å². The Morgan fingerprint density at radius 2 is 2.13 bits per heavy atom. The second kappa shape index (κ2) is 3.24. The van der Waals surface area contributed by atoms with E-state index in [1.807, 2.05) is 12.1 Å². The minimum Gasteiger partial charge on any atom is -0.456 e. The highest BCUT2D eigenvalue weighted by Gasteiger charge is 2.13. The summed E-state index contributed by atoms with van der Waals surface area (Å²) in [6.07, 6.45) is 3.27. The summed E-state index contributed by atoms with van der Waals surface area (Å²) in [6.45, 7) is 2.21. The zero-order valence-electron chi connectivity index (χ0n) is 8.46. The van der Waals surface area contributed by atoms with Gasteiger partial charge in [0.1, 0.15) is 11.0 Å². The molecule has 0 saturated heterocycles. The van der Waals surface area contributed by atoms with Crippen LogP contribution in [-0.4, -0.2) is 0 Å². The van der Waals surface area contributed by atoms with E-state index >= 15 is 0 Å². The number of hydrogen-bond donors (Lipinski definition) is 0. The molecule has 0 saturated carbocycles. The summed E-state index contributed by atoms with van der Waals surface area (Å²) >= 11 is 3.66. The van der Waals surface area contributed by atoms with E-state index in [1.165, 1.54) is 15.1 Å². The maximum absolute atomic E-state index is 5.82. The van der Waals surface area contributed by atoms with Gasteiger partial charge in [-0.1, -0.05) is 41.1 Å². The first-order chi connectivity index (χ1) is 7.25. The molecule has 2 heteroatoms. The highest BCUT2D eigenvalue weighted by atomic mass is 79.9. The number of benzene rings is 1. The van der Waals surface area contributed by atoms with Gasteiger partial charge in [0, 0.05) is 15.1 Å². The van der Waals surface area contributed by atoms with E-state index < -0.39 is 0 Å². The number of rotatable bonds is 0. The Balaban J connectivity index is 2.57. The SMILES string of the molecule is CC1C=c2oc3ccccc3c2=C(Br)C1. The van der Waals surface area contributed by atoms with Crippen LogP contribution in [0.5, 0.6) is 0 Å². The molecule has 1 aromatic heterocycles. The van der Waals surface area contributed by atoms with Crippen molar-refractivity contribution >= 4 is 37.5 Å². The number of para-hydroxylation sites is 1. The first kappa shape index (κ1) is 9.22. The lowest BCUT2D eigenvalue weighted by Crippen LogP contribution is -2.26. The molecule has 2 aromatic rings. The maximum Gasteiger partial charge on any atom is 0.135 e. The summed E-state index contributed by atoms with van der Waals surface area (Å²) in [5.74, 6) is 0.549. The van der Waals surface area contributed by atoms with Crippen LogP contribution in [0.4, 0.5) is 0 Å². The van der Waals surface area contributed by atoms with Gasteiger partial charge in [0.15, 0.2) is 0 Å². The van der Waals surface area contributed by atoms with Gasteiger partial charge in [-0.3, -0.25) is 0 Å². The summed E-state index contributed by atoms with van der Waals surface area (Å²) in [5, 5.41) is 2.45. The van der Waals surface area contributed by atoms with E-state index in [1.54, 1.807) is 0 Å². The van der Waals surface area contributed by atoms with Gasteiger partial charge < -0.3 is 4.42 Å². The molecule has 0 bridgehead atoms. The molecule has 15 heavy (non-hydrogen) atoms. The van der Waals surface area contributed by atoms with Gasteiger partial charge in [-0.05, 0) is 24.5 Å². The number of halogens is 1. The third kappa shape index (κ3) is 1.36. The fourth-order valence-corrected chi connectivity index (χ4v) is 3.08. The molecule has 1 heterocycles. The zero-order valence-corrected chi connectivity index (χ0v) is 10.0. The van der Waals surface area contributed by atoms with Gasteiger partial charge in [-0.2, -0.15) is 0 Å². The van der Waals surface area contributed by atoms with Crippen molar-refractivity contribution in [3.8, 4) is 0 Å². The summed E-state index contributed by atoms with van der Waals surface area (Å²) in [4.78, 5) is 0. The van der Waals surface area contributed by atoms with Crippen LogP contribution in [0.3, 0.4) is 0 Å². The second-order valence-corrected chi connectivity index (χ2v) is 5.05. The molecule has 1 aromatic carbocycles. The summed E-state index contributed by atoms with van der Waals surface area (Å²) in [7, 11) is 0. The molecule has 0 amide bonds. The van der Waals surface area contributed by atoms with E-state index in [4.69, 9.17) is 4.42 Å². The van der Waals surface area contributed by atoms with E-state index in [2.05, 4.69) is 41.1 Å². The highest BCUT2D eigenvalue weighted by molar-refractivity contribution is 9.14. The molecule has 1 aliphatic rings. The quantitative estimate of drug-likeness (QED) is 0.712.